The van der Waals surface area contributed by atoms with Crippen LogP contribution < -0.4 is 5.32 Å². The molecule has 3 heteroatoms. The summed E-state index contributed by atoms with van der Waals surface area (Å²) in [5.74, 6) is 0. The molecule has 0 amide bonds. The largest absolute Gasteiger partial charge is 0.316 e. The molecule has 1 atom stereocenters. The second-order valence-electron chi connectivity index (χ2n) is 4.27. The number of rotatable bonds is 8. The molecule has 1 N–H and O–H groups in total. The van der Waals surface area contributed by atoms with Gasteiger partial charge in [-0.15, -0.1) is 11.8 Å². The molecule has 17 heavy (non-hydrogen) atoms. The van der Waals surface area contributed by atoms with Crippen molar-refractivity contribution in [2.24, 2.45) is 0 Å². The highest BCUT2D eigenvalue weighted by atomic mass is 35.5. The number of hydrogen-bond acceptors (Lipinski definition) is 2. The number of hydrogen-bond donors (Lipinski definition) is 1. The van der Waals surface area contributed by atoms with Gasteiger partial charge in [-0.1, -0.05) is 50.4 Å². The van der Waals surface area contributed by atoms with Gasteiger partial charge in [0.15, 0.2) is 0 Å². The number of thioether (sulfide) groups is 1. The van der Waals surface area contributed by atoms with Crippen LogP contribution in [0.2, 0.25) is 5.02 Å². The Bertz CT molecular complexity index is 317. The zero-order valence-electron chi connectivity index (χ0n) is 10.7. The predicted molar refractivity (Wildman–Crippen MR) is 79.2 cm³/mol. The van der Waals surface area contributed by atoms with E-state index >= 15 is 0 Å². The summed E-state index contributed by atoms with van der Waals surface area (Å²) in [7, 11) is 0. The van der Waals surface area contributed by atoms with Crippen molar-refractivity contribution in [3.8, 4) is 0 Å². The first-order valence-corrected chi connectivity index (χ1v) is 7.61. The van der Waals surface area contributed by atoms with Crippen LogP contribution in [0.15, 0.2) is 29.2 Å². The molecule has 0 saturated heterocycles. The Morgan fingerprint density at radius 3 is 2.76 bits per heavy atom. The summed E-state index contributed by atoms with van der Waals surface area (Å²) in [6.07, 6.45) is 3.88. The summed E-state index contributed by atoms with van der Waals surface area (Å²) in [6.45, 7) is 6.64. The quantitative estimate of drug-likeness (QED) is 0.548. The Morgan fingerprint density at radius 2 is 2.06 bits per heavy atom. The lowest BCUT2D eigenvalue weighted by atomic mass is 10.2. The highest BCUT2D eigenvalue weighted by molar-refractivity contribution is 8.00. The van der Waals surface area contributed by atoms with Crippen LogP contribution in [-0.4, -0.2) is 18.3 Å². The van der Waals surface area contributed by atoms with E-state index in [1.54, 1.807) is 0 Å². The van der Waals surface area contributed by atoms with Crippen molar-refractivity contribution in [3.63, 3.8) is 0 Å². The SMILES string of the molecule is CCCCCNCC(C)Sc1ccccc1Cl. The van der Waals surface area contributed by atoms with Gasteiger partial charge in [-0.05, 0) is 25.1 Å². The van der Waals surface area contributed by atoms with Crippen molar-refractivity contribution in [1.29, 1.82) is 0 Å². The van der Waals surface area contributed by atoms with E-state index in [-0.39, 0.29) is 0 Å². The van der Waals surface area contributed by atoms with E-state index in [1.165, 1.54) is 24.2 Å². The molecule has 96 valence electrons. The highest BCUT2D eigenvalue weighted by Gasteiger charge is 2.06. The first-order chi connectivity index (χ1) is 8.24. The van der Waals surface area contributed by atoms with Gasteiger partial charge in [0, 0.05) is 16.7 Å². The Kier molecular flexibility index (Phi) is 7.74. The molecule has 1 nitrogen and oxygen atoms in total. The second kappa shape index (κ2) is 8.84. The minimum atomic E-state index is 0.552. The van der Waals surface area contributed by atoms with E-state index in [0.29, 0.717) is 5.25 Å². The van der Waals surface area contributed by atoms with E-state index in [9.17, 15) is 0 Å². The van der Waals surface area contributed by atoms with Crippen molar-refractivity contribution >= 4 is 23.4 Å². The first kappa shape index (κ1) is 14.9. The Balaban J connectivity index is 2.21. The van der Waals surface area contributed by atoms with Crippen LogP contribution in [0, 0.1) is 0 Å². The van der Waals surface area contributed by atoms with Crippen LogP contribution in [0.4, 0.5) is 0 Å². The van der Waals surface area contributed by atoms with Crippen molar-refractivity contribution in [2.45, 2.75) is 43.3 Å². The second-order valence-corrected chi connectivity index (χ2v) is 6.16. The number of benzene rings is 1. The van der Waals surface area contributed by atoms with E-state index in [1.807, 2.05) is 30.0 Å². The van der Waals surface area contributed by atoms with Crippen molar-refractivity contribution in [3.05, 3.63) is 29.3 Å². The first-order valence-electron chi connectivity index (χ1n) is 6.36. The molecule has 0 aliphatic carbocycles. The number of nitrogens with one attached hydrogen (secondary N) is 1. The maximum atomic E-state index is 6.13. The molecule has 0 fully saturated rings. The number of unbranched alkanes of at least 4 members (excludes halogenated alkanes) is 2. The molecule has 1 rings (SSSR count). The molecule has 0 saturated carbocycles. The van der Waals surface area contributed by atoms with Gasteiger partial charge in [0.2, 0.25) is 0 Å². The summed E-state index contributed by atoms with van der Waals surface area (Å²) in [5.41, 5.74) is 0. The molecule has 1 aromatic carbocycles. The monoisotopic (exact) mass is 271 g/mol. The Hall–Kier alpha value is -0.180. The van der Waals surface area contributed by atoms with Crippen molar-refractivity contribution in [2.75, 3.05) is 13.1 Å². The van der Waals surface area contributed by atoms with E-state index in [4.69, 9.17) is 11.6 Å². The standard InChI is InChI=1S/C14H22ClNS/c1-3-4-7-10-16-11-12(2)17-14-9-6-5-8-13(14)15/h5-6,8-9,12,16H,3-4,7,10-11H2,1-2H3. The average molecular weight is 272 g/mol. The van der Waals surface area contributed by atoms with Gasteiger partial charge in [-0.2, -0.15) is 0 Å². The van der Waals surface area contributed by atoms with Crippen molar-refractivity contribution in [1.82, 2.24) is 5.32 Å². The third kappa shape index (κ3) is 6.35. The zero-order chi connectivity index (χ0) is 12.5. The molecule has 0 heterocycles. The zero-order valence-corrected chi connectivity index (χ0v) is 12.3. The molecule has 0 spiro atoms. The Labute approximate surface area is 114 Å². The van der Waals surface area contributed by atoms with Crippen LogP contribution in [-0.2, 0) is 0 Å². The summed E-state index contributed by atoms with van der Waals surface area (Å²) in [6, 6.07) is 8.04. The number of halogens is 1. The Morgan fingerprint density at radius 1 is 1.29 bits per heavy atom. The fourth-order valence-electron chi connectivity index (χ4n) is 1.60. The van der Waals surface area contributed by atoms with E-state index in [2.05, 4.69) is 25.2 Å². The molecular formula is C14H22ClNS. The molecule has 0 aliphatic heterocycles. The van der Waals surface area contributed by atoms with Gasteiger partial charge >= 0.3 is 0 Å². The van der Waals surface area contributed by atoms with Crippen LogP contribution in [0.5, 0.6) is 0 Å². The maximum Gasteiger partial charge on any atom is 0.0541 e. The van der Waals surface area contributed by atoms with Crippen LogP contribution in [0.3, 0.4) is 0 Å². The topological polar surface area (TPSA) is 12.0 Å². The van der Waals surface area contributed by atoms with Crippen LogP contribution >= 0.6 is 23.4 Å². The fourth-order valence-corrected chi connectivity index (χ4v) is 2.85. The third-order valence-corrected chi connectivity index (χ3v) is 4.17. The van der Waals surface area contributed by atoms with Crippen molar-refractivity contribution < 1.29 is 0 Å². The predicted octanol–water partition coefficient (Wildman–Crippen LogP) is 4.60. The van der Waals surface area contributed by atoms with Gasteiger partial charge in [0.1, 0.15) is 0 Å². The van der Waals surface area contributed by atoms with Gasteiger partial charge in [-0.25, -0.2) is 0 Å². The molecule has 0 aliphatic rings. The molecule has 1 unspecified atom stereocenters. The van der Waals surface area contributed by atoms with Crippen LogP contribution in [0.25, 0.3) is 0 Å². The van der Waals surface area contributed by atoms with Gasteiger partial charge in [0.05, 0.1) is 5.02 Å². The molecule has 0 radical (unpaired) electrons. The lowest BCUT2D eigenvalue weighted by Crippen LogP contribution is -2.23. The fraction of sp³-hybridized carbons (Fsp3) is 0.571. The van der Waals surface area contributed by atoms with Crippen LogP contribution in [0.1, 0.15) is 33.1 Å². The van der Waals surface area contributed by atoms with Gasteiger partial charge < -0.3 is 5.32 Å². The summed E-state index contributed by atoms with van der Waals surface area (Å²) >= 11 is 7.97. The van der Waals surface area contributed by atoms with E-state index in [0.717, 1.165) is 18.1 Å². The average Bonchev–Trinajstić information content (AvgIpc) is 2.32. The summed E-state index contributed by atoms with van der Waals surface area (Å²) in [4.78, 5) is 1.18. The lowest BCUT2D eigenvalue weighted by Gasteiger charge is -2.13. The molecule has 0 bridgehead atoms. The summed E-state index contributed by atoms with van der Waals surface area (Å²) in [5, 5.41) is 4.90. The normalized spacial score (nSPS) is 12.6. The van der Waals surface area contributed by atoms with E-state index < -0.39 is 0 Å². The smallest absolute Gasteiger partial charge is 0.0541 e. The lowest BCUT2D eigenvalue weighted by molar-refractivity contribution is 0.616. The minimum absolute atomic E-state index is 0.552. The summed E-state index contributed by atoms with van der Waals surface area (Å²) < 4.78 is 0. The van der Waals surface area contributed by atoms with Gasteiger partial charge in [0.25, 0.3) is 0 Å². The molecule has 1 aromatic rings. The van der Waals surface area contributed by atoms with Gasteiger partial charge in [-0.3, -0.25) is 0 Å². The maximum absolute atomic E-state index is 6.13. The minimum Gasteiger partial charge on any atom is -0.316 e. The molecule has 0 aromatic heterocycles. The third-order valence-electron chi connectivity index (χ3n) is 2.55. The highest BCUT2D eigenvalue weighted by Crippen LogP contribution is 2.29. The molecular weight excluding hydrogens is 250 g/mol.